The molecule has 0 radical (unpaired) electrons. The van der Waals surface area contributed by atoms with Gasteiger partial charge >= 0.3 is 0 Å². The third kappa shape index (κ3) is 3.62. The van der Waals surface area contributed by atoms with Crippen molar-refractivity contribution in [3.63, 3.8) is 0 Å². The van der Waals surface area contributed by atoms with Crippen LogP contribution in [0.1, 0.15) is 31.2 Å². The Kier molecular flexibility index (Phi) is 5.20. The zero-order valence-corrected chi connectivity index (χ0v) is 12.9. The fraction of sp³-hybridized carbons (Fsp3) is 0.571. The molecular weight excluding hydrogens is 319 g/mol. The van der Waals surface area contributed by atoms with E-state index in [-0.39, 0.29) is 0 Å². The Morgan fingerprint density at radius 2 is 1.94 bits per heavy atom. The molecule has 0 amide bonds. The van der Waals surface area contributed by atoms with Crippen LogP contribution in [0, 0.1) is 11.8 Å². The van der Waals surface area contributed by atoms with Crippen LogP contribution in [0.4, 0.5) is 0 Å². The molecule has 3 heteroatoms. The van der Waals surface area contributed by atoms with Gasteiger partial charge in [-0.1, -0.05) is 70.9 Å². The van der Waals surface area contributed by atoms with Crippen molar-refractivity contribution >= 4 is 39.1 Å². The molecule has 0 spiro atoms. The van der Waals surface area contributed by atoms with E-state index in [0.29, 0.717) is 5.92 Å². The van der Waals surface area contributed by atoms with Gasteiger partial charge in [0.05, 0.1) is 0 Å². The summed E-state index contributed by atoms with van der Waals surface area (Å²) in [5.41, 5.74) is 1.23. The van der Waals surface area contributed by atoms with Gasteiger partial charge < -0.3 is 0 Å². The molecule has 1 aliphatic carbocycles. The van der Waals surface area contributed by atoms with Gasteiger partial charge in [-0.25, -0.2) is 0 Å². The van der Waals surface area contributed by atoms with Gasteiger partial charge in [0.2, 0.25) is 0 Å². The molecule has 0 saturated heterocycles. The maximum absolute atomic E-state index is 6.24. The standard InChI is InChI=1S/C14H17BrCl2/c15-9-12(10-3-1-2-4-10)7-11-5-6-13(16)8-14(11)17/h5-6,8,10,12H,1-4,7,9H2. The summed E-state index contributed by atoms with van der Waals surface area (Å²) in [4.78, 5) is 0. The minimum Gasteiger partial charge on any atom is -0.0925 e. The van der Waals surface area contributed by atoms with E-state index in [0.717, 1.165) is 27.7 Å². The average Bonchev–Trinajstić information content (AvgIpc) is 2.81. The summed E-state index contributed by atoms with van der Waals surface area (Å²) in [6.45, 7) is 0. The summed E-state index contributed by atoms with van der Waals surface area (Å²) in [7, 11) is 0. The topological polar surface area (TPSA) is 0 Å². The number of rotatable bonds is 4. The quantitative estimate of drug-likeness (QED) is 0.615. The molecule has 17 heavy (non-hydrogen) atoms. The second-order valence-electron chi connectivity index (χ2n) is 4.90. The molecule has 0 aromatic heterocycles. The lowest BCUT2D eigenvalue weighted by molar-refractivity contribution is 0.373. The van der Waals surface area contributed by atoms with Crippen molar-refractivity contribution in [3.8, 4) is 0 Å². The molecule has 1 fully saturated rings. The van der Waals surface area contributed by atoms with Crippen molar-refractivity contribution < 1.29 is 0 Å². The van der Waals surface area contributed by atoms with E-state index in [2.05, 4.69) is 22.0 Å². The maximum Gasteiger partial charge on any atom is 0.0452 e. The molecule has 1 aromatic rings. The van der Waals surface area contributed by atoms with Gasteiger partial charge in [0, 0.05) is 15.4 Å². The molecule has 1 aromatic carbocycles. The monoisotopic (exact) mass is 334 g/mol. The molecule has 94 valence electrons. The Balaban J connectivity index is 2.06. The van der Waals surface area contributed by atoms with Crippen molar-refractivity contribution in [3.05, 3.63) is 33.8 Å². The van der Waals surface area contributed by atoms with Crippen molar-refractivity contribution in [2.24, 2.45) is 11.8 Å². The smallest absolute Gasteiger partial charge is 0.0452 e. The van der Waals surface area contributed by atoms with Gasteiger partial charge in [-0.2, -0.15) is 0 Å². The number of halogens is 3. The van der Waals surface area contributed by atoms with Gasteiger partial charge in [-0.05, 0) is 36.0 Å². The highest BCUT2D eigenvalue weighted by molar-refractivity contribution is 9.09. The van der Waals surface area contributed by atoms with E-state index in [4.69, 9.17) is 23.2 Å². The average molecular weight is 336 g/mol. The molecule has 1 atom stereocenters. The summed E-state index contributed by atoms with van der Waals surface area (Å²) in [5.74, 6) is 1.57. The molecule has 1 saturated carbocycles. The van der Waals surface area contributed by atoms with Crippen LogP contribution in [0.5, 0.6) is 0 Å². The second kappa shape index (κ2) is 6.45. The minimum absolute atomic E-state index is 0.705. The summed E-state index contributed by atoms with van der Waals surface area (Å²) >= 11 is 15.8. The SMILES string of the molecule is Clc1ccc(CC(CBr)C2CCCC2)c(Cl)c1. The van der Waals surface area contributed by atoms with Crippen molar-refractivity contribution in [2.75, 3.05) is 5.33 Å². The van der Waals surface area contributed by atoms with Crippen molar-refractivity contribution in [1.29, 1.82) is 0 Å². The highest BCUT2D eigenvalue weighted by Crippen LogP contribution is 2.35. The number of alkyl halides is 1. The summed E-state index contributed by atoms with van der Waals surface area (Å²) < 4.78 is 0. The number of benzene rings is 1. The highest BCUT2D eigenvalue weighted by Gasteiger charge is 2.24. The number of hydrogen-bond donors (Lipinski definition) is 0. The summed E-state index contributed by atoms with van der Waals surface area (Å²) in [6.07, 6.45) is 6.60. The van der Waals surface area contributed by atoms with Crippen LogP contribution < -0.4 is 0 Å². The third-order valence-corrected chi connectivity index (χ3v) is 5.18. The van der Waals surface area contributed by atoms with Gasteiger partial charge in [0.1, 0.15) is 0 Å². The summed E-state index contributed by atoms with van der Waals surface area (Å²) in [5, 5.41) is 2.59. The van der Waals surface area contributed by atoms with Crippen LogP contribution in [0.3, 0.4) is 0 Å². The first-order valence-corrected chi connectivity index (χ1v) is 8.08. The zero-order valence-electron chi connectivity index (χ0n) is 9.76. The molecule has 1 aliphatic rings. The zero-order chi connectivity index (χ0) is 12.3. The predicted octanol–water partition coefficient (Wildman–Crippen LogP) is 5.74. The summed E-state index contributed by atoms with van der Waals surface area (Å²) in [6, 6.07) is 5.84. The van der Waals surface area contributed by atoms with Crippen LogP contribution in [0.25, 0.3) is 0 Å². The molecule has 0 heterocycles. The van der Waals surface area contributed by atoms with E-state index < -0.39 is 0 Å². The Morgan fingerprint density at radius 1 is 1.24 bits per heavy atom. The fourth-order valence-electron chi connectivity index (χ4n) is 2.75. The molecule has 0 aliphatic heterocycles. The van der Waals surface area contributed by atoms with Crippen LogP contribution in [-0.2, 0) is 6.42 Å². The first kappa shape index (κ1) is 13.7. The Morgan fingerprint density at radius 3 is 2.53 bits per heavy atom. The fourth-order valence-corrected chi connectivity index (χ4v) is 3.99. The largest absolute Gasteiger partial charge is 0.0925 e. The lowest BCUT2D eigenvalue weighted by atomic mass is 9.87. The third-order valence-electron chi connectivity index (χ3n) is 3.76. The van der Waals surface area contributed by atoms with Gasteiger partial charge in [0.25, 0.3) is 0 Å². The molecule has 0 nitrogen and oxygen atoms in total. The van der Waals surface area contributed by atoms with Crippen LogP contribution >= 0.6 is 39.1 Å². The first-order valence-electron chi connectivity index (χ1n) is 6.20. The minimum atomic E-state index is 0.705. The molecular formula is C14H17BrCl2. The Hall–Kier alpha value is 0.280. The van der Waals surface area contributed by atoms with Crippen molar-refractivity contribution in [2.45, 2.75) is 32.1 Å². The van der Waals surface area contributed by atoms with Crippen LogP contribution in [0.2, 0.25) is 10.0 Å². The second-order valence-corrected chi connectivity index (χ2v) is 6.39. The van der Waals surface area contributed by atoms with Gasteiger partial charge in [-0.15, -0.1) is 0 Å². The lowest BCUT2D eigenvalue weighted by Gasteiger charge is -2.21. The highest BCUT2D eigenvalue weighted by atomic mass is 79.9. The molecule has 2 rings (SSSR count). The van der Waals surface area contributed by atoms with Crippen LogP contribution in [0.15, 0.2) is 18.2 Å². The van der Waals surface area contributed by atoms with E-state index in [1.54, 1.807) is 0 Å². The van der Waals surface area contributed by atoms with E-state index in [1.165, 1.54) is 31.2 Å². The van der Waals surface area contributed by atoms with Gasteiger partial charge in [-0.3, -0.25) is 0 Å². The maximum atomic E-state index is 6.24. The van der Waals surface area contributed by atoms with Crippen LogP contribution in [-0.4, -0.2) is 5.33 Å². The molecule has 0 N–H and O–H groups in total. The lowest BCUT2D eigenvalue weighted by Crippen LogP contribution is -2.16. The molecule has 1 unspecified atom stereocenters. The van der Waals surface area contributed by atoms with E-state index >= 15 is 0 Å². The number of hydrogen-bond acceptors (Lipinski definition) is 0. The normalized spacial score (nSPS) is 18.5. The van der Waals surface area contributed by atoms with E-state index in [1.807, 2.05) is 12.1 Å². The van der Waals surface area contributed by atoms with Gasteiger partial charge in [0.15, 0.2) is 0 Å². The molecule has 0 bridgehead atoms. The first-order chi connectivity index (χ1) is 8.20. The van der Waals surface area contributed by atoms with Crippen molar-refractivity contribution in [1.82, 2.24) is 0 Å². The Bertz CT molecular complexity index is 372. The predicted molar refractivity (Wildman–Crippen MR) is 79.4 cm³/mol. The van der Waals surface area contributed by atoms with E-state index in [9.17, 15) is 0 Å². The Labute approximate surface area is 122 Å².